The van der Waals surface area contributed by atoms with E-state index >= 15 is 0 Å². The summed E-state index contributed by atoms with van der Waals surface area (Å²) in [6.07, 6.45) is 1.11. The fourth-order valence-corrected chi connectivity index (χ4v) is 1.51. The van der Waals surface area contributed by atoms with Gasteiger partial charge in [0.2, 0.25) is 0 Å². The van der Waals surface area contributed by atoms with E-state index in [0.29, 0.717) is 11.8 Å². The Morgan fingerprint density at radius 3 is 2.23 bits per heavy atom. The first-order chi connectivity index (χ1) is 6.24. The van der Waals surface area contributed by atoms with Crippen molar-refractivity contribution in [3.63, 3.8) is 0 Å². The topological polar surface area (TPSA) is 26.0 Å². The maximum Gasteiger partial charge on any atom is -0.00432 e. The Morgan fingerprint density at radius 1 is 1.15 bits per heavy atom. The summed E-state index contributed by atoms with van der Waals surface area (Å²) in [6.45, 7) is 5.26. The van der Waals surface area contributed by atoms with Crippen molar-refractivity contribution in [3.8, 4) is 0 Å². The van der Waals surface area contributed by atoms with Crippen molar-refractivity contribution < 1.29 is 0 Å². The Morgan fingerprint density at radius 2 is 1.77 bits per heavy atom. The number of hydrogen-bond donors (Lipinski definition) is 1. The van der Waals surface area contributed by atoms with Crippen molar-refractivity contribution >= 4 is 0 Å². The molecule has 13 heavy (non-hydrogen) atoms. The highest BCUT2D eigenvalue weighted by Gasteiger charge is 2.11. The molecule has 0 aliphatic rings. The third kappa shape index (κ3) is 3.19. The number of benzene rings is 1. The molecule has 0 amide bonds. The van der Waals surface area contributed by atoms with E-state index in [1.807, 2.05) is 0 Å². The van der Waals surface area contributed by atoms with Gasteiger partial charge in [0.15, 0.2) is 0 Å². The summed E-state index contributed by atoms with van der Waals surface area (Å²) in [6, 6.07) is 10.6. The number of rotatable bonds is 4. The van der Waals surface area contributed by atoms with Crippen LogP contribution in [0.3, 0.4) is 0 Å². The predicted octanol–water partition coefficient (Wildman–Crippen LogP) is 2.46. The monoisotopic (exact) mass is 177 g/mol. The lowest BCUT2D eigenvalue weighted by atomic mass is 9.89. The molecular weight excluding hydrogens is 158 g/mol. The summed E-state index contributed by atoms with van der Waals surface area (Å²) in [4.78, 5) is 0. The molecule has 1 aromatic rings. The average Bonchev–Trinajstić information content (AvgIpc) is 2.15. The zero-order valence-electron chi connectivity index (χ0n) is 8.53. The molecule has 0 aromatic heterocycles. The normalized spacial score (nSPS) is 13.2. The number of nitrogens with two attached hydrogens (primary N) is 1. The minimum Gasteiger partial charge on any atom is -0.330 e. The quantitative estimate of drug-likeness (QED) is 0.751. The van der Waals surface area contributed by atoms with Crippen LogP contribution in [-0.2, 0) is 6.42 Å². The van der Waals surface area contributed by atoms with Gasteiger partial charge in [-0.1, -0.05) is 44.2 Å². The average molecular weight is 177 g/mol. The molecule has 1 heteroatoms. The first kappa shape index (κ1) is 10.3. The van der Waals surface area contributed by atoms with Crippen LogP contribution in [0.1, 0.15) is 19.4 Å². The molecule has 0 heterocycles. The highest BCUT2D eigenvalue weighted by atomic mass is 14.5. The molecule has 0 unspecified atom stereocenters. The van der Waals surface area contributed by atoms with Crippen LogP contribution in [0.4, 0.5) is 0 Å². The summed E-state index contributed by atoms with van der Waals surface area (Å²) in [7, 11) is 0. The fourth-order valence-electron chi connectivity index (χ4n) is 1.51. The summed E-state index contributed by atoms with van der Waals surface area (Å²) in [5, 5.41) is 0. The second-order valence-corrected chi connectivity index (χ2v) is 3.93. The third-order valence-electron chi connectivity index (χ3n) is 2.59. The molecule has 1 atom stereocenters. The molecule has 2 N–H and O–H groups in total. The van der Waals surface area contributed by atoms with Crippen molar-refractivity contribution in [3.05, 3.63) is 35.9 Å². The van der Waals surface area contributed by atoms with Gasteiger partial charge in [0, 0.05) is 0 Å². The summed E-state index contributed by atoms with van der Waals surface area (Å²) < 4.78 is 0. The third-order valence-corrected chi connectivity index (χ3v) is 2.59. The molecule has 0 saturated carbocycles. The van der Waals surface area contributed by atoms with Crippen molar-refractivity contribution in [2.75, 3.05) is 6.54 Å². The predicted molar refractivity (Wildman–Crippen MR) is 57.5 cm³/mol. The van der Waals surface area contributed by atoms with E-state index in [4.69, 9.17) is 5.73 Å². The summed E-state index contributed by atoms with van der Waals surface area (Å²) >= 11 is 0. The Bertz CT molecular complexity index is 228. The van der Waals surface area contributed by atoms with Crippen molar-refractivity contribution in [2.24, 2.45) is 17.6 Å². The molecule has 0 aliphatic carbocycles. The van der Waals surface area contributed by atoms with E-state index in [1.54, 1.807) is 0 Å². The minimum atomic E-state index is 0.613. The Kier molecular flexibility index (Phi) is 3.97. The van der Waals surface area contributed by atoms with E-state index in [1.165, 1.54) is 5.56 Å². The van der Waals surface area contributed by atoms with Gasteiger partial charge >= 0.3 is 0 Å². The summed E-state index contributed by atoms with van der Waals surface area (Å²) in [5.74, 6) is 1.28. The largest absolute Gasteiger partial charge is 0.330 e. The highest BCUT2D eigenvalue weighted by molar-refractivity contribution is 5.15. The summed E-state index contributed by atoms with van der Waals surface area (Å²) in [5.41, 5.74) is 7.12. The Hall–Kier alpha value is -0.820. The smallest absolute Gasteiger partial charge is 0.00432 e. The second kappa shape index (κ2) is 5.03. The molecule has 0 saturated heterocycles. The lowest BCUT2D eigenvalue weighted by Gasteiger charge is -2.18. The van der Waals surface area contributed by atoms with Crippen LogP contribution in [0, 0.1) is 11.8 Å². The zero-order valence-corrected chi connectivity index (χ0v) is 8.53. The molecule has 72 valence electrons. The van der Waals surface area contributed by atoms with Crippen LogP contribution < -0.4 is 5.73 Å². The first-order valence-electron chi connectivity index (χ1n) is 4.98. The molecule has 1 rings (SSSR count). The van der Waals surface area contributed by atoms with Gasteiger partial charge in [0.25, 0.3) is 0 Å². The molecule has 0 fully saturated rings. The molecule has 1 nitrogen and oxygen atoms in total. The minimum absolute atomic E-state index is 0.613. The maximum atomic E-state index is 5.72. The molecule has 1 aromatic carbocycles. The SMILES string of the molecule is CC(C)[C@@H](CN)Cc1ccccc1. The van der Waals surface area contributed by atoms with Gasteiger partial charge in [0.1, 0.15) is 0 Å². The lowest BCUT2D eigenvalue weighted by molar-refractivity contribution is 0.392. The van der Waals surface area contributed by atoms with E-state index in [-0.39, 0.29) is 0 Å². The van der Waals surface area contributed by atoms with Gasteiger partial charge in [0.05, 0.1) is 0 Å². The Balaban J connectivity index is 2.57. The van der Waals surface area contributed by atoms with Crippen LogP contribution >= 0.6 is 0 Å². The maximum absolute atomic E-state index is 5.72. The van der Waals surface area contributed by atoms with E-state index in [2.05, 4.69) is 44.2 Å². The van der Waals surface area contributed by atoms with Gasteiger partial charge in [-0.25, -0.2) is 0 Å². The van der Waals surface area contributed by atoms with Gasteiger partial charge in [-0.05, 0) is 30.4 Å². The van der Waals surface area contributed by atoms with E-state index in [9.17, 15) is 0 Å². The number of hydrogen-bond acceptors (Lipinski definition) is 1. The molecule has 0 aliphatic heterocycles. The molecule has 0 radical (unpaired) electrons. The van der Waals surface area contributed by atoms with Gasteiger partial charge in [-0.3, -0.25) is 0 Å². The lowest BCUT2D eigenvalue weighted by Crippen LogP contribution is -2.22. The van der Waals surface area contributed by atoms with Crippen LogP contribution in [0.25, 0.3) is 0 Å². The first-order valence-corrected chi connectivity index (χ1v) is 4.98. The molecule has 0 spiro atoms. The van der Waals surface area contributed by atoms with Crippen molar-refractivity contribution in [1.82, 2.24) is 0 Å². The van der Waals surface area contributed by atoms with Crippen molar-refractivity contribution in [1.29, 1.82) is 0 Å². The van der Waals surface area contributed by atoms with E-state index in [0.717, 1.165) is 13.0 Å². The standard InChI is InChI=1S/C12H19N/c1-10(2)12(9-13)8-11-6-4-3-5-7-11/h3-7,10,12H,8-9,13H2,1-2H3/t12-/m1/s1. The van der Waals surface area contributed by atoms with E-state index < -0.39 is 0 Å². The van der Waals surface area contributed by atoms with Crippen LogP contribution in [0.15, 0.2) is 30.3 Å². The van der Waals surface area contributed by atoms with Gasteiger partial charge < -0.3 is 5.73 Å². The van der Waals surface area contributed by atoms with Crippen LogP contribution in [0.2, 0.25) is 0 Å². The Labute approximate surface area is 81.0 Å². The van der Waals surface area contributed by atoms with Gasteiger partial charge in [-0.15, -0.1) is 0 Å². The zero-order chi connectivity index (χ0) is 9.68. The van der Waals surface area contributed by atoms with Crippen LogP contribution in [-0.4, -0.2) is 6.54 Å². The van der Waals surface area contributed by atoms with Crippen LogP contribution in [0.5, 0.6) is 0 Å². The fraction of sp³-hybridized carbons (Fsp3) is 0.500. The van der Waals surface area contributed by atoms with Gasteiger partial charge in [-0.2, -0.15) is 0 Å². The highest BCUT2D eigenvalue weighted by Crippen LogP contribution is 2.15. The molecule has 0 bridgehead atoms. The van der Waals surface area contributed by atoms with Crippen molar-refractivity contribution in [2.45, 2.75) is 20.3 Å². The molecular formula is C12H19N. The second-order valence-electron chi connectivity index (χ2n) is 3.93.